The van der Waals surface area contributed by atoms with Crippen LogP contribution in [0.25, 0.3) is 0 Å². The monoisotopic (exact) mass is 214 g/mol. The van der Waals surface area contributed by atoms with Crippen molar-refractivity contribution in [2.24, 2.45) is 0 Å². The van der Waals surface area contributed by atoms with Gasteiger partial charge in [0.1, 0.15) is 0 Å². The molecule has 0 bridgehead atoms. The molecule has 4 nitrogen and oxygen atoms in total. The first kappa shape index (κ1) is 11.1. The average Bonchev–Trinajstić information content (AvgIpc) is 2.53. The van der Waals surface area contributed by atoms with Crippen molar-refractivity contribution in [1.29, 1.82) is 0 Å². The van der Waals surface area contributed by atoms with Crippen LogP contribution in [0, 0.1) is 0 Å². The second-order valence-corrected chi connectivity index (χ2v) is 4.71. The van der Waals surface area contributed by atoms with Crippen molar-refractivity contribution in [2.75, 3.05) is 6.54 Å². The summed E-state index contributed by atoms with van der Waals surface area (Å²) in [7, 11) is 0. The van der Waals surface area contributed by atoms with Crippen LogP contribution in [-0.2, 0) is 11.2 Å². The zero-order chi connectivity index (χ0) is 10.6. The van der Waals surface area contributed by atoms with E-state index in [-0.39, 0.29) is 12.1 Å². The maximum absolute atomic E-state index is 10.4. The Morgan fingerprint density at radius 3 is 2.93 bits per heavy atom. The van der Waals surface area contributed by atoms with Crippen molar-refractivity contribution in [3.8, 4) is 0 Å². The second kappa shape index (κ2) is 4.52. The molecule has 1 heterocycles. The van der Waals surface area contributed by atoms with Crippen molar-refractivity contribution < 1.29 is 9.90 Å². The highest BCUT2D eigenvalue weighted by atomic mass is 32.1. The van der Waals surface area contributed by atoms with Crippen LogP contribution in [0.3, 0.4) is 0 Å². The summed E-state index contributed by atoms with van der Waals surface area (Å²) in [6.07, 6.45) is 2.51. The fourth-order valence-electron chi connectivity index (χ4n) is 1.10. The fraction of sp³-hybridized carbons (Fsp3) is 0.556. The Kier molecular flexibility index (Phi) is 3.60. The quantitative estimate of drug-likeness (QED) is 0.771. The van der Waals surface area contributed by atoms with Gasteiger partial charge in [-0.05, 0) is 13.8 Å². The van der Waals surface area contributed by atoms with Gasteiger partial charge in [-0.15, -0.1) is 11.3 Å². The molecule has 0 fully saturated rings. The normalized spacial score (nSPS) is 11.6. The van der Waals surface area contributed by atoms with Crippen molar-refractivity contribution in [3.63, 3.8) is 0 Å². The predicted octanol–water partition coefficient (Wildman–Crippen LogP) is 1.14. The summed E-state index contributed by atoms with van der Waals surface area (Å²) in [5.74, 6) is -0.836. The van der Waals surface area contributed by atoms with Crippen molar-refractivity contribution in [1.82, 2.24) is 10.3 Å². The van der Waals surface area contributed by atoms with Gasteiger partial charge in [-0.3, -0.25) is 4.79 Å². The van der Waals surface area contributed by atoms with Crippen LogP contribution in [-0.4, -0.2) is 28.1 Å². The lowest BCUT2D eigenvalue weighted by atomic mass is 10.0. The summed E-state index contributed by atoms with van der Waals surface area (Å²) in [5, 5.41) is 14.4. The molecule has 0 aromatic carbocycles. The molecule has 0 aliphatic heterocycles. The van der Waals surface area contributed by atoms with Crippen molar-refractivity contribution in [3.05, 3.63) is 16.6 Å². The molecule has 0 radical (unpaired) electrons. The van der Waals surface area contributed by atoms with E-state index < -0.39 is 5.97 Å². The van der Waals surface area contributed by atoms with E-state index in [1.165, 1.54) is 0 Å². The van der Waals surface area contributed by atoms with Crippen molar-refractivity contribution in [2.45, 2.75) is 25.8 Å². The molecule has 14 heavy (non-hydrogen) atoms. The van der Waals surface area contributed by atoms with Crippen LogP contribution in [0.1, 0.15) is 18.9 Å². The standard InChI is InChI=1S/C9H14N2O2S/c1-9(2,11-6-8(12)13)5-7-10-3-4-14-7/h3-4,11H,5-6H2,1-2H3,(H,12,13). The number of aromatic nitrogens is 1. The highest BCUT2D eigenvalue weighted by Gasteiger charge is 2.19. The van der Waals surface area contributed by atoms with Crippen LogP contribution in [0.5, 0.6) is 0 Å². The summed E-state index contributed by atoms with van der Waals surface area (Å²) in [6.45, 7) is 3.92. The average molecular weight is 214 g/mol. The number of carboxylic acids is 1. The van der Waals surface area contributed by atoms with Gasteiger partial charge >= 0.3 is 5.97 Å². The number of carbonyl (C=O) groups is 1. The molecule has 1 aromatic heterocycles. The third kappa shape index (κ3) is 3.85. The van der Waals surface area contributed by atoms with Gasteiger partial charge in [0, 0.05) is 23.5 Å². The number of nitrogens with one attached hydrogen (secondary N) is 1. The molecule has 1 aromatic rings. The van der Waals surface area contributed by atoms with Gasteiger partial charge in [-0.25, -0.2) is 4.98 Å². The third-order valence-electron chi connectivity index (χ3n) is 1.79. The number of hydrogen-bond donors (Lipinski definition) is 2. The minimum Gasteiger partial charge on any atom is -0.480 e. The van der Waals surface area contributed by atoms with E-state index in [2.05, 4.69) is 10.3 Å². The van der Waals surface area contributed by atoms with Gasteiger partial charge in [0.2, 0.25) is 0 Å². The van der Waals surface area contributed by atoms with E-state index in [4.69, 9.17) is 5.11 Å². The highest BCUT2D eigenvalue weighted by Crippen LogP contribution is 2.14. The van der Waals surface area contributed by atoms with Gasteiger partial charge in [-0.2, -0.15) is 0 Å². The number of carboxylic acid groups (broad SMARTS) is 1. The van der Waals surface area contributed by atoms with Crippen molar-refractivity contribution >= 4 is 17.3 Å². The SMILES string of the molecule is CC(C)(Cc1nccs1)NCC(=O)O. The molecule has 0 amide bonds. The summed E-state index contributed by atoms with van der Waals surface area (Å²) >= 11 is 1.59. The minimum absolute atomic E-state index is 0.0155. The molecule has 0 aliphatic rings. The lowest BCUT2D eigenvalue weighted by Gasteiger charge is -2.24. The van der Waals surface area contributed by atoms with Crippen LogP contribution >= 0.6 is 11.3 Å². The van der Waals surface area contributed by atoms with E-state index in [1.807, 2.05) is 19.2 Å². The molecule has 0 saturated heterocycles. The Morgan fingerprint density at radius 2 is 2.43 bits per heavy atom. The van der Waals surface area contributed by atoms with Crippen LogP contribution in [0.4, 0.5) is 0 Å². The number of hydrogen-bond acceptors (Lipinski definition) is 4. The molecule has 1 rings (SSSR count). The number of rotatable bonds is 5. The molecule has 78 valence electrons. The van der Waals surface area contributed by atoms with Gasteiger partial charge in [0.25, 0.3) is 0 Å². The van der Waals surface area contributed by atoms with E-state index in [0.717, 1.165) is 11.4 Å². The Labute approximate surface area is 87.0 Å². The molecule has 5 heteroatoms. The van der Waals surface area contributed by atoms with Crippen LogP contribution in [0.2, 0.25) is 0 Å². The summed E-state index contributed by atoms with van der Waals surface area (Å²) in [6, 6.07) is 0. The maximum Gasteiger partial charge on any atom is 0.317 e. The Morgan fingerprint density at radius 1 is 1.71 bits per heavy atom. The zero-order valence-electron chi connectivity index (χ0n) is 8.28. The predicted molar refractivity (Wildman–Crippen MR) is 55.5 cm³/mol. The summed E-state index contributed by atoms with van der Waals surface area (Å²) < 4.78 is 0. The molecule has 0 unspecified atom stereocenters. The minimum atomic E-state index is -0.836. The molecular weight excluding hydrogens is 200 g/mol. The summed E-state index contributed by atoms with van der Waals surface area (Å²) in [4.78, 5) is 14.5. The molecule has 0 aliphatic carbocycles. The molecule has 0 atom stereocenters. The van der Waals surface area contributed by atoms with E-state index in [0.29, 0.717) is 0 Å². The topological polar surface area (TPSA) is 62.2 Å². The van der Waals surface area contributed by atoms with E-state index >= 15 is 0 Å². The zero-order valence-corrected chi connectivity index (χ0v) is 9.10. The highest BCUT2D eigenvalue weighted by molar-refractivity contribution is 7.09. The number of thiazole rings is 1. The lowest BCUT2D eigenvalue weighted by Crippen LogP contribution is -2.43. The van der Waals surface area contributed by atoms with Crippen LogP contribution in [0.15, 0.2) is 11.6 Å². The largest absolute Gasteiger partial charge is 0.480 e. The number of nitrogens with zero attached hydrogens (tertiary/aromatic N) is 1. The molecule has 0 spiro atoms. The molecular formula is C9H14N2O2S. The molecule has 0 saturated carbocycles. The Bertz CT molecular complexity index is 296. The number of aliphatic carboxylic acids is 1. The second-order valence-electron chi connectivity index (χ2n) is 3.73. The fourth-order valence-corrected chi connectivity index (χ4v) is 1.94. The van der Waals surface area contributed by atoms with Gasteiger partial charge < -0.3 is 10.4 Å². The van der Waals surface area contributed by atoms with Gasteiger partial charge in [0.05, 0.1) is 11.6 Å². The van der Waals surface area contributed by atoms with E-state index in [1.54, 1.807) is 17.5 Å². The van der Waals surface area contributed by atoms with Crippen LogP contribution < -0.4 is 5.32 Å². The Balaban J connectivity index is 2.45. The van der Waals surface area contributed by atoms with Gasteiger partial charge in [0.15, 0.2) is 0 Å². The first-order chi connectivity index (χ1) is 6.49. The van der Waals surface area contributed by atoms with Gasteiger partial charge in [-0.1, -0.05) is 0 Å². The summed E-state index contributed by atoms with van der Waals surface area (Å²) in [5.41, 5.74) is -0.226. The lowest BCUT2D eigenvalue weighted by molar-refractivity contribution is -0.136. The third-order valence-corrected chi connectivity index (χ3v) is 2.57. The van der Waals surface area contributed by atoms with E-state index in [9.17, 15) is 4.79 Å². The molecule has 2 N–H and O–H groups in total. The Hall–Kier alpha value is -0.940. The maximum atomic E-state index is 10.4. The smallest absolute Gasteiger partial charge is 0.317 e. The first-order valence-corrected chi connectivity index (χ1v) is 5.23. The first-order valence-electron chi connectivity index (χ1n) is 4.35.